The van der Waals surface area contributed by atoms with Crippen LogP contribution < -0.4 is 10.6 Å². The third-order valence-corrected chi connectivity index (χ3v) is 4.56. The molecule has 0 saturated carbocycles. The van der Waals surface area contributed by atoms with Gasteiger partial charge in [0.05, 0.1) is 0 Å². The van der Waals surface area contributed by atoms with Gasteiger partial charge in [-0.15, -0.1) is 0 Å². The zero-order chi connectivity index (χ0) is 20.6. The first kappa shape index (κ1) is 22.0. The highest BCUT2D eigenvalue weighted by Gasteiger charge is 2.29. The quantitative estimate of drug-likeness (QED) is 0.737. The van der Waals surface area contributed by atoms with Gasteiger partial charge >= 0.3 is 12.3 Å². The highest BCUT2D eigenvalue weighted by atomic mass is 19.4. The predicted molar refractivity (Wildman–Crippen MR) is 97.4 cm³/mol. The zero-order valence-corrected chi connectivity index (χ0v) is 15.8. The van der Waals surface area contributed by atoms with Gasteiger partial charge in [-0.25, -0.2) is 4.79 Å². The van der Waals surface area contributed by atoms with Crippen molar-refractivity contribution in [3.8, 4) is 0 Å². The van der Waals surface area contributed by atoms with Crippen molar-refractivity contribution in [1.29, 1.82) is 0 Å². The van der Waals surface area contributed by atoms with Crippen molar-refractivity contribution < 1.29 is 27.5 Å². The number of alkyl carbamates (subject to hydrolysis) is 1. The van der Waals surface area contributed by atoms with Crippen molar-refractivity contribution in [2.24, 2.45) is 5.92 Å². The fraction of sp³-hybridized carbons (Fsp3) is 0.579. The van der Waals surface area contributed by atoms with Crippen LogP contribution in [0.15, 0.2) is 24.3 Å². The van der Waals surface area contributed by atoms with Gasteiger partial charge in [0.15, 0.2) is 6.61 Å². The molecule has 1 aliphatic heterocycles. The van der Waals surface area contributed by atoms with E-state index in [2.05, 4.69) is 21.9 Å². The molecule has 2 amide bonds. The number of likely N-dealkylation sites (tertiary alicyclic amines) is 1. The predicted octanol–water partition coefficient (Wildman–Crippen LogP) is 2.82. The number of carbonyl (C=O) groups excluding carboxylic acids is 2. The standard InChI is InChI=1S/C19H26F3N3O3/c1-14-6-8-25(9-7-14)12-16-4-2-15(3-5-16)10-23-17(26)11-24-18(27)28-13-19(20,21)22/h2-5,14H,6-13H2,1H3,(H,23,26)(H,24,27). The lowest BCUT2D eigenvalue weighted by Gasteiger charge is -2.30. The van der Waals surface area contributed by atoms with Crippen LogP contribution in [-0.4, -0.2) is 49.3 Å². The SMILES string of the molecule is CC1CCN(Cc2ccc(CNC(=O)CNC(=O)OCC(F)(F)F)cc2)CC1. The molecule has 1 aromatic carbocycles. The molecule has 156 valence electrons. The Kier molecular flexibility index (Phi) is 8.10. The van der Waals surface area contributed by atoms with Gasteiger partial charge < -0.3 is 15.4 Å². The van der Waals surface area contributed by atoms with Crippen LogP contribution in [0.5, 0.6) is 0 Å². The van der Waals surface area contributed by atoms with E-state index in [0.717, 1.165) is 31.1 Å². The summed E-state index contributed by atoms with van der Waals surface area (Å²) in [4.78, 5) is 25.2. The average Bonchev–Trinajstić information content (AvgIpc) is 2.65. The number of nitrogens with zero attached hydrogens (tertiary/aromatic N) is 1. The molecule has 2 rings (SSSR count). The third-order valence-electron chi connectivity index (χ3n) is 4.56. The van der Waals surface area contributed by atoms with Crippen LogP contribution in [0.3, 0.4) is 0 Å². The highest BCUT2D eigenvalue weighted by molar-refractivity contribution is 5.82. The Morgan fingerprint density at radius 3 is 2.32 bits per heavy atom. The summed E-state index contributed by atoms with van der Waals surface area (Å²) in [6, 6.07) is 7.89. The van der Waals surface area contributed by atoms with E-state index in [1.165, 1.54) is 18.4 Å². The number of alkyl halides is 3. The molecule has 0 unspecified atom stereocenters. The number of ether oxygens (including phenoxy) is 1. The number of benzene rings is 1. The number of hydrogen-bond donors (Lipinski definition) is 2. The molecule has 0 aromatic heterocycles. The monoisotopic (exact) mass is 401 g/mol. The summed E-state index contributed by atoms with van der Waals surface area (Å²) in [5.74, 6) is 0.277. The lowest BCUT2D eigenvalue weighted by atomic mass is 9.99. The van der Waals surface area contributed by atoms with E-state index in [9.17, 15) is 22.8 Å². The van der Waals surface area contributed by atoms with Crippen LogP contribution in [0.1, 0.15) is 30.9 Å². The third kappa shape index (κ3) is 8.60. The molecule has 0 spiro atoms. The first-order chi connectivity index (χ1) is 13.2. The van der Waals surface area contributed by atoms with Gasteiger partial charge in [0.25, 0.3) is 0 Å². The second kappa shape index (κ2) is 10.3. The first-order valence-corrected chi connectivity index (χ1v) is 9.25. The molecular weight excluding hydrogens is 375 g/mol. The molecule has 0 aliphatic carbocycles. The molecule has 0 atom stereocenters. The molecule has 2 N–H and O–H groups in total. The van der Waals surface area contributed by atoms with Gasteiger partial charge in [0.1, 0.15) is 6.54 Å². The second-order valence-electron chi connectivity index (χ2n) is 7.10. The maximum absolute atomic E-state index is 11.9. The van der Waals surface area contributed by atoms with E-state index >= 15 is 0 Å². The molecule has 1 heterocycles. The van der Waals surface area contributed by atoms with Crippen molar-refractivity contribution in [2.75, 3.05) is 26.2 Å². The largest absolute Gasteiger partial charge is 0.440 e. The molecular formula is C19H26F3N3O3. The van der Waals surface area contributed by atoms with E-state index in [-0.39, 0.29) is 6.54 Å². The van der Waals surface area contributed by atoms with Crippen LogP contribution in [0.25, 0.3) is 0 Å². The van der Waals surface area contributed by atoms with Crippen LogP contribution in [-0.2, 0) is 22.6 Å². The molecule has 9 heteroatoms. The van der Waals surface area contributed by atoms with Crippen LogP contribution >= 0.6 is 0 Å². The van der Waals surface area contributed by atoms with E-state index in [1.807, 2.05) is 29.6 Å². The normalized spacial score (nSPS) is 15.9. The second-order valence-corrected chi connectivity index (χ2v) is 7.10. The van der Waals surface area contributed by atoms with Gasteiger partial charge in [-0.2, -0.15) is 13.2 Å². The van der Waals surface area contributed by atoms with E-state index < -0.39 is 31.3 Å². The van der Waals surface area contributed by atoms with Gasteiger partial charge in [-0.1, -0.05) is 31.2 Å². The number of hydrogen-bond acceptors (Lipinski definition) is 4. The van der Waals surface area contributed by atoms with Crippen molar-refractivity contribution in [3.63, 3.8) is 0 Å². The van der Waals surface area contributed by atoms with Crippen molar-refractivity contribution in [3.05, 3.63) is 35.4 Å². The summed E-state index contributed by atoms with van der Waals surface area (Å²) >= 11 is 0. The topological polar surface area (TPSA) is 70.7 Å². The fourth-order valence-corrected chi connectivity index (χ4v) is 2.85. The molecule has 0 bridgehead atoms. The number of amides is 2. The summed E-state index contributed by atoms with van der Waals surface area (Å²) in [5, 5.41) is 4.56. The van der Waals surface area contributed by atoms with Gasteiger partial charge in [0.2, 0.25) is 5.91 Å². The molecule has 28 heavy (non-hydrogen) atoms. The minimum absolute atomic E-state index is 0.264. The molecule has 1 aliphatic rings. The van der Waals surface area contributed by atoms with Crippen LogP contribution in [0.4, 0.5) is 18.0 Å². The van der Waals surface area contributed by atoms with Gasteiger partial charge in [0, 0.05) is 13.1 Å². The van der Waals surface area contributed by atoms with Crippen molar-refractivity contribution in [2.45, 2.75) is 39.0 Å². The van der Waals surface area contributed by atoms with Crippen LogP contribution in [0.2, 0.25) is 0 Å². The van der Waals surface area contributed by atoms with Crippen LogP contribution in [0, 0.1) is 5.92 Å². The smallest absolute Gasteiger partial charge is 0.422 e. The van der Waals surface area contributed by atoms with E-state index in [4.69, 9.17) is 0 Å². The summed E-state index contributed by atoms with van der Waals surface area (Å²) in [7, 11) is 0. The maximum Gasteiger partial charge on any atom is 0.422 e. The molecule has 6 nitrogen and oxygen atoms in total. The summed E-state index contributed by atoms with van der Waals surface area (Å²) < 4.78 is 39.7. The molecule has 1 fully saturated rings. The lowest BCUT2D eigenvalue weighted by Crippen LogP contribution is -2.38. The van der Waals surface area contributed by atoms with E-state index in [0.29, 0.717) is 0 Å². The first-order valence-electron chi connectivity index (χ1n) is 9.25. The molecule has 1 saturated heterocycles. The van der Waals surface area contributed by atoms with E-state index in [1.54, 1.807) is 0 Å². The Morgan fingerprint density at radius 2 is 1.71 bits per heavy atom. The summed E-state index contributed by atoms with van der Waals surface area (Å²) in [6.07, 6.45) is -3.44. The Morgan fingerprint density at radius 1 is 1.11 bits per heavy atom. The fourth-order valence-electron chi connectivity index (χ4n) is 2.85. The number of nitrogens with one attached hydrogen (secondary N) is 2. The lowest BCUT2D eigenvalue weighted by molar-refractivity contribution is -0.160. The highest BCUT2D eigenvalue weighted by Crippen LogP contribution is 2.18. The summed E-state index contributed by atoms with van der Waals surface area (Å²) in [6.45, 7) is 3.52. The molecule has 1 aromatic rings. The maximum atomic E-state index is 11.9. The van der Waals surface area contributed by atoms with Gasteiger partial charge in [-0.05, 0) is 43.0 Å². The van der Waals surface area contributed by atoms with Crippen molar-refractivity contribution >= 4 is 12.0 Å². The Labute approximate surface area is 162 Å². The average molecular weight is 401 g/mol. The minimum atomic E-state index is -4.60. The number of rotatable bonds is 7. The zero-order valence-electron chi connectivity index (χ0n) is 15.8. The Bertz CT molecular complexity index is 642. The number of halogens is 3. The van der Waals surface area contributed by atoms with Gasteiger partial charge in [-0.3, -0.25) is 9.69 Å². The number of carbonyl (C=O) groups is 2. The number of piperidine rings is 1. The summed E-state index contributed by atoms with van der Waals surface area (Å²) in [5.41, 5.74) is 2.10. The van der Waals surface area contributed by atoms with Crippen molar-refractivity contribution in [1.82, 2.24) is 15.5 Å². The molecule has 0 radical (unpaired) electrons. The minimum Gasteiger partial charge on any atom is -0.440 e. The Hall–Kier alpha value is -2.29. The Balaban J connectivity index is 1.65.